The molecule has 0 bridgehead atoms. The fourth-order valence-electron chi connectivity index (χ4n) is 15.1. The van der Waals surface area contributed by atoms with Crippen molar-refractivity contribution in [1.82, 2.24) is 13.7 Å². The summed E-state index contributed by atoms with van der Waals surface area (Å²) in [5, 5.41) is 22.1. The summed E-state index contributed by atoms with van der Waals surface area (Å²) in [5.41, 5.74) is 17.3. The molecule has 3 heteroatoms. The summed E-state index contributed by atoms with van der Waals surface area (Å²) in [6.45, 7) is 0. The molecule has 0 radical (unpaired) electrons. The Morgan fingerprint density at radius 2 is 0.414 bits per heavy atom. The minimum Gasteiger partial charge on any atom is -0.309 e. The number of aromatic nitrogens is 3. The van der Waals surface area contributed by atoms with Crippen LogP contribution in [0.1, 0.15) is 0 Å². The Morgan fingerprint density at radius 1 is 0.161 bits per heavy atom. The fourth-order valence-corrected chi connectivity index (χ4v) is 15.1. The molecular weight excluding hydrogens is 1050 g/mol. The molecule has 16 aromatic carbocycles. The van der Waals surface area contributed by atoms with E-state index in [4.69, 9.17) is 0 Å². The van der Waals surface area contributed by atoms with Gasteiger partial charge in [0.15, 0.2) is 0 Å². The molecule has 3 nitrogen and oxygen atoms in total. The van der Waals surface area contributed by atoms with Gasteiger partial charge in [0.05, 0.1) is 50.2 Å². The molecule has 0 saturated carbocycles. The summed E-state index contributed by atoms with van der Waals surface area (Å²) in [4.78, 5) is 0. The number of hydrogen-bond donors (Lipinski definition) is 0. The monoisotopic (exact) mass is 1100 g/mol. The third kappa shape index (κ3) is 7.12. The van der Waals surface area contributed by atoms with Gasteiger partial charge in [0.25, 0.3) is 0 Å². The molecule has 402 valence electrons. The van der Waals surface area contributed by atoms with Crippen LogP contribution in [0.4, 0.5) is 0 Å². The van der Waals surface area contributed by atoms with Crippen LogP contribution in [0, 0.1) is 0 Å². The van der Waals surface area contributed by atoms with Crippen molar-refractivity contribution in [3.8, 4) is 50.4 Å². The van der Waals surface area contributed by atoms with Crippen LogP contribution in [-0.2, 0) is 0 Å². The minimum atomic E-state index is 1.06. The molecule has 3 heterocycles. The molecule has 0 atom stereocenters. The molecule has 0 fully saturated rings. The Kier molecular flexibility index (Phi) is 10.2. The van der Waals surface area contributed by atoms with E-state index in [1.165, 1.54) is 130 Å². The van der Waals surface area contributed by atoms with Gasteiger partial charge < -0.3 is 13.7 Å². The Morgan fingerprint density at radius 3 is 0.713 bits per heavy atom. The molecule has 3 aromatic heterocycles. The topological polar surface area (TPSA) is 14.8 Å². The molecule has 0 amide bonds. The maximum Gasteiger partial charge on any atom is 0.0547 e. The first-order valence-corrected chi connectivity index (χ1v) is 30.1. The SMILES string of the molecule is c1ccc2c(-c3ccc4c5c6ccccc6ccc5n(-c5cc(-n6c7cc(-c8cccc9ccccc89)ccc7c7c8ccccc8ccc76)cc(-n6c7cc(-c8cccc9ccccc89)ccc7c7c8ccccc8ccc76)c5)c4c3)cccc2c1. The maximum atomic E-state index is 2.56. The Labute approximate surface area is 500 Å². The van der Waals surface area contributed by atoms with Crippen molar-refractivity contribution in [2.75, 3.05) is 0 Å². The lowest BCUT2D eigenvalue weighted by atomic mass is 9.97. The van der Waals surface area contributed by atoms with E-state index in [1.54, 1.807) is 0 Å². The van der Waals surface area contributed by atoms with Crippen LogP contribution >= 0.6 is 0 Å². The molecule has 0 aliphatic rings. The molecule has 0 N–H and O–H groups in total. The summed E-state index contributed by atoms with van der Waals surface area (Å²) in [5.74, 6) is 0. The second-order valence-electron chi connectivity index (χ2n) is 23.5. The van der Waals surface area contributed by atoms with Crippen molar-refractivity contribution in [1.29, 1.82) is 0 Å². The quantitative estimate of drug-likeness (QED) is 0.158. The van der Waals surface area contributed by atoms with E-state index in [0.29, 0.717) is 0 Å². The molecule has 0 unspecified atom stereocenters. The van der Waals surface area contributed by atoms with Gasteiger partial charge in [0, 0.05) is 32.3 Å². The van der Waals surface area contributed by atoms with Gasteiger partial charge in [-0.1, -0.05) is 255 Å². The zero-order valence-electron chi connectivity index (χ0n) is 47.3. The lowest BCUT2D eigenvalue weighted by Crippen LogP contribution is -2.03. The van der Waals surface area contributed by atoms with Gasteiger partial charge in [-0.05, 0) is 153 Å². The number of rotatable bonds is 6. The smallest absolute Gasteiger partial charge is 0.0547 e. The molecule has 87 heavy (non-hydrogen) atoms. The summed E-state index contributed by atoms with van der Waals surface area (Å²) in [6, 6.07) is 116. The Balaban J connectivity index is 0.978. The fraction of sp³-hybridized carbons (Fsp3) is 0. The van der Waals surface area contributed by atoms with Crippen molar-refractivity contribution in [2.45, 2.75) is 0 Å². The lowest BCUT2D eigenvalue weighted by molar-refractivity contribution is 1.10. The lowest BCUT2D eigenvalue weighted by Gasteiger charge is -2.18. The van der Waals surface area contributed by atoms with E-state index < -0.39 is 0 Å². The van der Waals surface area contributed by atoms with Gasteiger partial charge in [-0.3, -0.25) is 0 Å². The van der Waals surface area contributed by atoms with Gasteiger partial charge in [0.2, 0.25) is 0 Å². The molecule has 0 aliphatic heterocycles. The van der Waals surface area contributed by atoms with Gasteiger partial charge in [-0.25, -0.2) is 0 Å². The van der Waals surface area contributed by atoms with Crippen LogP contribution in [0.15, 0.2) is 309 Å². The maximum absolute atomic E-state index is 2.56. The molecule has 19 aromatic rings. The van der Waals surface area contributed by atoms with E-state index in [0.717, 1.165) is 50.2 Å². The third-order valence-corrected chi connectivity index (χ3v) is 18.9. The van der Waals surface area contributed by atoms with Crippen LogP contribution in [0.5, 0.6) is 0 Å². The highest BCUT2D eigenvalue weighted by atomic mass is 15.0. The number of fused-ring (bicyclic) bond motifs is 18. The van der Waals surface area contributed by atoms with Crippen molar-refractivity contribution in [3.63, 3.8) is 0 Å². The molecule has 0 saturated heterocycles. The number of nitrogens with zero attached hydrogens (tertiary/aromatic N) is 3. The van der Waals surface area contributed by atoms with E-state index in [9.17, 15) is 0 Å². The average Bonchev–Trinajstić information content (AvgIpc) is 2.21. The van der Waals surface area contributed by atoms with Gasteiger partial charge >= 0.3 is 0 Å². The van der Waals surface area contributed by atoms with Gasteiger partial charge in [0.1, 0.15) is 0 Å². The van der Waals surface area contributed by atoms with E-state index >= 15 is 0 Å². The van der Waals surface area contributed by atoms with Crippen molar-refractivity contribution >= 4 is 130 Å². The Hall–Kier alpha value is -11.5. The van der Waals surface area contributed by atoms with Crippen LogP contribution < -0.4 is 0 Å². The van der Waals surface area contributed by atoms with Gasteiger partial charge in [-0.15, -0.1) is 0 Å². The predicted molar refractivity (Wildman–Crippen MR) is 371 cm³/mol. The second kappa shape index (κ2) is 18.5. The summed E-state index contributed by atoms with van der Waals surface area (Å²) in [6.07, 6.45) is 0. The first-order chi connectivity index (χ1) is 43.1. The third-order valence-electron chi connectivity index (χ3n) is 18.9. The normalized spacial score (nSPS) is 12.1. The zero-order valence-corrected chi connectivity index (χ0v) is 47.3. The van der Waals surface area contributed by atoms with Crippen molar-refractivity contribution in [3.05, 3.63) is 309 Å². The molecular formula is C84H51N3. The van der Waals surface area contributed by atoms with Crippen LogP contribution in [-0.4, -0.2) is 13.7 Å². The summed E-state index contributed by atoms with van der Waals surface area (Å²) >= 11 is 0. The van der Waals surface area contributed by atoms with E-state index in [-0.39, 0.29) is 0 Å². The first kappa shape index (κ1) is 47.9. The first-order valence-electron chi connectivity index (χ1n) is 30.1. The summed E-state index contributed by atoms with van der Waals surface area (Å²) < 4.78 is 7.69. The molecule has 19 rings (SSSR count). The highest BCUT2D eigenvalue weighted by Crippen LogP contribution is 2.46. The van der Waals surface area contributed by atoms with Gasteiger partial charge in [-0.2, -0.15) is 0 Å². The van der Waals surface area contributed by atoms with Crippen molar-refractivity contribution in [2.24, 2.45) is 0 Å². The van der Waals surface area contributed by atoms with E-state index in [2.05, 4.69) is 323 Å². The van der Waals surface area contributed by atoms with Crippen molar-refractivity contribution < 1.29 is 0 Å². The number of benzene rings is 16. The number of hydrogen-bond acceptors (Lipinski definition) is 0. The van der Waals surface area contributed by atoms with Crippen LogP contribution in [0.2, 0.25) is 0 Å². The van der Waals surface area contributed by atoms with E-state index in [1.807, 2.05) is 0 Å². The van der Waals surface area contributed by atoms with Crippen LogP contribution in [0.25, 0.3) is 180 Å². The molecule has 0 aliphatic carbocycles. The highest BCUT2D eigenvalue weighted by molar-refractivity contribution is 6.25. The summed E-state index contributed by atoms with van der Waals surface area (Å²) in [7, 11) is 0. The Bertz CT molecular complexity index is 5520. The van der Waals surface area contributed by atoms with Crippen LogP contribution in [0.3, 0.4) is 0 Å². The largest absolute Gasteiger partial charge is 0.309 e. The zero-order chi connectivity index (χ0) is 56.8. The minimum absolute atomic E-state index is 1.06. The highest BCUT2D eigenvalue weighted by Gasteiger charge is 2.24. The predicted octanol–water partition coefficient (Wildman–Crippen LogP) is 22.9. The average molecular weight is 1100 g/mol. The standard InChI is InChI=1S/C84H51N3/c1-7-25-64-52(16-1)22-13-31-67(64)58-34-40-73-79(46-58)85(76-43-37-55-19-4-10-28-70(55)82(73)76)61-49-62(86-77-44-38-56-20-5-11-29-71(56)83(77)74-41-35-59(47-80(74)86)68-32-14-23-53-17-2-8-26-65(53)68)51-63(50-61)87-78-45-39-57-21-6-12-30-72(57)84(78)75-42-36-60(48-81(75)87)69-33-15-24-54-18-3-9-27-66(54)69/h1-51H. The second-order valence-corrected chi connectivity index (χ2v) is 23.5. The molecule has 0 spiro atoms.